The first-order valence-corrected chi connectivity index (χ1v) is 12.3. The molecular weight excluding hydrogens is 512 g/mol. The number of carboxylic acids is 1. The molecule has 0 bridgehead atoms. The third-order valence-electron chi connectivity index (χ3n) is 5.69. The number of aliphatic imine (C=N–C) groups is 1. The van der Waals surface area contributed by atoms with Gasteiger partial charge in [0.25, 0.3) is 0 Å². The molecule has 1 aliphatic heterocycles. The van der Waals surface area contributed by atoms with Gasteiger partial charge in [-0.2, -0.15) is 0 Å². The van der Waals surface area contributed by atoms with Crippen LogP contribution in [0.5, 0.6) is 0 Å². The fraction of sp³-hybridized carbons (Fsp3) is 0.458. The minimum atomic E-state index is -1.58. The molecule has 15 nitrogen and oxygen atoms in total. The van der Waals surface area contributed by atoms with Crippen molar-refractivity contribution in [2.75, 3.05) is 19.6 Å². The Morgan fingerprint density at radius 1 is 0.846 bits per heavy atom. The summed E-state index contributed by atoms with van der Waals surface area (Å²) in [5, 5.41) is 21.3. The van der Waals surface area contributed by atoms with E-state index in [9.17, 15) is 33.9 Å². The van der Waals surface area contributed by atoms with Crippen molar-refractivity contribution >= 4 is 41.5 Å². The lowest BCUT2D eigenvalue weighted by molar-refractivity contribution is -0.143. The van der Waals surface area contributed by atoms with Gasteiger partial charge in [-0.25, -0.2) is 4.79 Å². The summed E-state index contributed by atoms with van der Waals surface area (Å²) in [6.07, 6.45) is 0.360. The van der Waals surface area contributed by atoms with E-state index in [2.05, 4.69) is 31.6 Å². The second-order valence-electron chi connectivity index (χ2n) is 8.81. The molecule has 5 amide bonds. The highest BCUT2D eigenvalue weighted by Crippen LogP contribution is 2.07. The van der Waals surface area contributed by atoms with Crippen LogP contribution >= 0.6 is 0 Å². The minimum absolute atomic E-state index is 0.110. The van der Waals surface area contributed by atoms with E-state index in [0.717, 1.165) is 5.56 Å². The maximum Gasteiger partial charge on any atom is 0.326 e. The summed E-state index contributed by atoms with van der Waals surface area (Å²) in [5.41, 5.74) is 11.6. The lowest BCUT2D eigenvalue weighted by Gasteiger charge is -2.24. The Bertz CT molecular complexity index is 1080. The van der Waals surface area contributed by atoms with E-state index in [0.29, 0.717) is 12.8 Å². The number of guanidine groups is 1. The zero-order valence-electron chi connectivity index (χ0n) is 21.3. The van der Waals surface area contributed by atoms with Crippen molar-refractivity contribution in [3.05, 3.63) is 35.9 Å². The van der Waals surface area contributed by atoms with Gasteiger partial charge in [-0.05, 0) is 31.2 Å². The van der Waals surface area contributed by atoms with Crippen LogP contribution in [0, 0.1) is 0 Å². The Morgan fingerprint density at radius 2 is 1.49 bits per heavy atom. The van der Waals surface area contributed by atoms with E-state index in [1.165, 1.54) is 0 Å². The quantitative estimate of drug-likeness (QED) is 0.0930. The number of carboxylic acid groups (broad SMARTS) is 1. The van der Waals surface area contributed by atoms with Gasteiger partial charge < -0.3 is 43.2 Å². The van der Waals surface area contributed by atoms with Gasteiger partial charge in [0.05, 0.1) is 19.5 Å². The number of nitrogens with one attached hydrogen (secondary N) is 5. The molecule has 0 spiro atoms. The number of carbonyl (C=O) groups excluding carboxylic acids is 5. The van der Waals surface area contributed by atoms with Crippen LogP contribution in [0.4, 0.5) is 0 Å². The average Bonchev–Trinajstić information content (AvgIpc) is 2.89. The first-order valence-electron chi connectivity index (χ1n) is 12.3. The average molecular weight is 547 g/mol. The molecule has 1 fully saturated rings. The molecular formula is C24H34N8O7. The number of hydrogen-bond acceptors (Lipinski definition) is 7. The molecule has 1 saturated heterocycles. The van der Waals surface area contributed by atoms with Crippen molar-refractivity contribution < 1.29 is 33.9 Å². The standard InChI is InChI=1S/C24H34N8O7/c25-24(26)27-10-4-7-15-22(37)32-16(9-8-14-5-2-1-3-6-14)21(36)29-13-20(35)31-17(23(38)39)11-18(33)28-12-19(34)30-15/h1-3,5-6,15-17H,4,7-13H2,(H,28,33)(H,29,36)(H,30,34)(H,31,35)(H,32,37)(H,38,39)(H4,25,26,27)/t15-,16-,17-/m0/s1. The lowest BCUT2D eigenvalue weighted by atomic mass is 10.0. The van der Waals surface area contributed by atoms with E-state index in [1.807, 2.05) is 30.3 Å². The summed E-state index contributed by atoms with van der Waals surface area (Å²) in [4.78, 5) is 78.4. The van der Waals surface area contributed by atoms with Crippen molar-refractivity contribution in [1.82, 2.24) is 26.6 Å². The summed E-state index contributed by atoms with van der Waals surface area (Å²) in [6.45, 7) is -0.947. The number of carbonyl (C=O) groups is 6. The second kappa shape index (κ2) is 15.5. The first-order chi connectivity index (χ1) is 18.5. The third-order valence-corrected chi connectivity index (χ3v) is 5.69. The van der Waals surface area contributed by atoms with Crippen LogP contribution in [0.15, 0.2) is 35.3 Å². The SMILES string of the molecule is NC(N)=NCCC[C@@H]1NC(=O)CNC(=O)C[C@@H](C(=O)O)NC(=O)CNC(=O)[C@H](CCc2ccccc2)NC1=O. The zero-order chi connectivity index (χ0) is 28.8. The smallest absolute Gasteiger partial charge is 0.326 e. The summed E-state index contributed by atoms with van der Waals surface area (Å²) in [7, 11) is 0. The van der Waals surface area contributed by atoms with Gasteiger partial charge >= 0.3 is 5.97 Å². The summed E-state index contributed by atoms with van der Waals surface area (Å²) in [5.74, 6) is -5.33. The Balaban J connectivity index is 2.26. The molecule has 1 aromatic carbocycles. The second-order valence-corrected chi connectivity index (χ2v) is 8.81. The molecule has 15 heteroatoms. The molecule has 10 N–H and O–H groups in total. The van der Waals surface area contributed by atoms with Crippen molar-refractivity contribution in [1.29, 1.82) is 0 Å². The number of rotatable bonds is 8. The van der Waals surface area contributed by atoms with Gasteiger partial charge in [0.15, 0.2) is 5.96 Å². The van der Waals surface area contributed by atoms with E-state index in [-0.39, 0.29) is 25.3 Å². The van der Waals surface area contributed by atoms with Crippen LogP contribution in [0.2, 0.25) is 0 Å². The summed E-state index contributed by atoms with van der Waals surface area (Å²) in [6, 6.07) is 5.46. The monoisotopic (exact) mass is 546 g/mol. The minimum Gasteiger partial charge on any atom is -0.480 e. The topological polar surface area (TPSA) is 247 Å². The number of amides is 5. The molecule has 2 rings (SSSR count). The van der Waals surface area contributed by atoms with Gasteiger partial charge in [-0.1, -0.05) is 30.3 Å². The predicted molar refractivity (Wildman–Crippen MR) is 139 cm³/mol. The van der Waals surface area contributed by atoms with E-state index < -0.39 is 73.1 Å². The number of nitrogens with zero attached hydrogens (tertiary/aromatic N) is 1. The normalized spacial score (nSPS) is 21.4. The molecule has 0 aromatic heterocycles. The van der Waals surface area contributed by atoms with Crippen molar-refractivity contribution in [2.24, 2.45) is 16.5 Å². The van der Waals surface area contributed by atoms with E-state index in [4.69, 9.17) is 11.5 Å². The highest BCUT2D eigenvalue weighted by molar-refractivity contribution is 5.95. The molecule has 1 aromatic rings. The largest absolute Gasteiger partial charge is 0.480 e. The maximum atomic E-state index is 13.2. The van der Waals surface area contributed by atoms with Gasteiger partial charge in [0.1, 0.15) is 18.1 Å². The zero-order valence-corrected chi connectivity index (χ0v) is 21.3. The lowest BCUT2D eigenvalue weighted by Crippen LogP contribution is -2.56. The Labute approximate surface area is 224 Å². The van der Waals surface area contributed by atoms with Crippen molar-refractivity contribution in [3.63, 3.8) is 0 Å². The first kappa shape index (κ1) is 30.5. The van der Waals surface area contributed by atoms with Crippen LogP contribution in [-0.4, -0.2) is 84.3 Å². The summed E-state index contributed by atoms with van der Waals surface area (Å²) >= 11 is 0. The summed E-state index contributed by atoms with van der Waals surface area (Å²) < 4.78 is 0. The molecule has 0 aliphatic carbocycles. The molecule has 1 aliphatic rings. The molecule has 0 unspecified atom stereocenters. The van der Waals surface area contributed by atoms with E-state index >= 15 is 0 Å². The van der Waals surface area contributed by atoms with Crippen LogP contribution in [0.25, 0.3) is 0 Å². The van der Waals surface area contributed by atoms with Crippen LogP contribution in [0.3, 0.4) is 0 Å². The van der Waals surface area contributed by atoms with Crippen molar-refractivity contribution in [3.8, 4) is 0 Å². The van der Waals surface area contributed by atoms with Crippen LogP contribution in [-0.2, 0) is 35.2 Å². The predicted octanol–water partition coefficient (Wildman–Crippen LogP) is -3.15. The van der Waals surface area contributed by atoms with Gasteiger partial charge in [-0.15, -0.1) is 0 Å². The molecule has 3 atom stereocenters. The highest BCUT2D eigenvalue weighted by atomic mass is 16.4. The third kappa shape index (κ3) is 11.5. The molecule has 1 heterocycles. The fourth-order valence-electron chi connectivity index (χ4n) is 3.69. The van der Waals surface area contributed by atoms with Gasteiger partial charge in [-0.3, -0.25) is 29.0 Å². The maximum absolute atomic E-state index is 13.2. The number of hydrogen-bond donors (Lipinski definition) is 8. The number of aryl methyl sites for hydroxylation is 1. The number of aliphatic carboxylic acids is 1. The van der Waals surface area contributed by atoms with Crippen molar-refractivity contribution in [2.45, 2.75) is 50.2 Å². The molecule has 212 valence electrons. The van der Waals surface area contributed by atoms with Crippen LogP contribution < -0.4 is 38.1 Å². The molecule has 0 saturated carbocycles. The number of benzene rings is 1. The Hall–Kier alpha value is -4.69. The molecule has 0 radical (unpaired) electrons. The Morgan fingerprint density at radius 3 is 2.15 bits per heavy atom. The number of nitrogens with two attached hydrogens (primary N) is 2. The van der Waals surface area contributed by atoms with Gasteiger partial charge in [0.2, 0.25) is 29.5 Å². The van der Waals surface area contributed by atoms with Crippen LogP contribution in [0.1, 0.15) is 31.2 Å². The highest BCUT2D eigenvalue weighted by Gasteiger charge is 2.29. The Kier molecular flexibility index (Phi) is 12.2. The molecule has 39 heavy (non-hydrogen) atoms. The van der Waals surface area contributed by atoms with Gasteiger partial charge in [0, 0.05) is 6.54 Å². The fourth-order valence-corrected chi connectivity index (χ4v) is 3.69. The van der Waals surface area contributed by atoms with E-state index in [1.54, 1.807) is 0 Å².